The smallest absolute Gasteiger partial charge is 0.271 e. The van der Waals surface area contributed by atoms with E-state index in [4.69, 9.17) is 20.6 Å². The van der Waals surface area contributed by atoms with E-state index in [1.807, 2.05) is 13.0 Å². The molecular weight excluding hydrogens is 436 g/mol. The summed E-state index contributed by atoms with van der Waals surface area (Å²) < 4.78 is 17.4. The highest BCUT2D eigenvalue weighted by Gasteiger charge is 2.11. The molecule has 0 saturated heterocycles. The Morgan fingerprint density at radius 1 is 1.21 bits per heavy atom. The van der Waals surface area contributed by atoms with Crippen LogP contribution in [0.4, 0.5) is 0 Å². The van der Waals surface area contributed by atoms with Crippen LogP contribution < -0.4 is 19.6 Å². The quantitative estimate of drug-likeness (QED) is 0.252. The van der Waals surface area contributed by atoms with Gasteiger partial charge in [0, 0.05) is 15.6 Å². The zero-order valence-corrected chi connectivity index (χ0v) is 17.6. The summed E-state index contributed by atoms with van der Waals surface area (Å²) in [5.74, 6) is 3.60. The maximum atomic E-state index is 12.4. The Kier molecular flexibility index (Phi) is 8.80. The molecule has 2 aromatic carbocycles. The third-order valence-electron chi connectivity index (χ3n) is 3.51. The molecule has 0 spiro atoms. The minimum Gasteiger partial charge on any atom is -0.490 e. The molecule has 0 saturated carbocycles. The van der Waals surface area contributed by atoms with E-state index in [1.54, 1.807) is 36.4 Å². The number of benzene rings is 2. The van der Waals surface area contributed by atoms with Gasteiger partial charge in [0.25, 0.3) is 5.91 Å². The number of rotatable bonds is 10. The second-order valence-electron chi connectivity index (χ2n) is 5.57. The average Bonchev–Trinajstić information content (AvgIpc) is 2.72. The van der Waals surface area contributed by atoms with E-state index in [0.29, 0.717) is 41.6 Å². The lowest BCUT2D eigenvalue weighted by molar-refractivity contribution is 0.0954. The summed E-state index contributed by atoms with van der Waals surface area (Å²) in [4.78, 5) is 12.4. The Morgan fingerprint density at radius 3 is 2.72 bits per heavy atom. The zero-order valence-electron chi connectivity index (χ0n) is 16.0. The number of ether oxygens (including phenoxy) is 3. The highest BCUT2D eigenvalue weighted by Crippen LogP contribution is 2.28. The van der Waals surface area contributed by atoms with E-state index in [9.17, 15) is 4.79 Å². The number of nitrogens with one attached hydrogen (secondary N) is 1. The molecule has 7 heteroatoms. The third-order valence-corrected chi connectivity index (χ3v) is 4.01. The Morgan fingerprint density at radius 2 is 2.00 bits per heavy atom. The standard InChI is InChI=1S/C22H21BrN2O4/c1-4-11-28-19-10-8-18(23)13-17(19)15-24-25-22(26)16-7-9-20(29-12-5-2)21(14-16)27-6-3/h1,5,7-10,13-15H,2,6,11-12H2,3H3,(H,25,26)/b24-15+. The predicted molar refractivity (Wildman–Crippen MR) is 117 cm³/mol. The van der Waals surface area contributed by atoms with Crippen molar-refractivity contribution in [3.05, 3.63) is 64.7 Å². The summed E-state index contributed by atoms with van der Waals surface area (Å²) in [6.45, 7) is 6.39. The second-order valence-corrected chi connectivity index (χ2v) is 6.48. The Balaban J connectivity index is 2.12. The van der Waals surface area contributed by atoms with Crippen molar-refractivity contribution in [2.45, 2.75) is 6.92 Å². The molecule has 0 radical (unpaired) electrons. The van der Waals surface area contributed by atoms with Gasteiger partial charge in [-0.25, -0.2) is 5.43 Å². The first-order valence-electron chi connectivity index (χ1n) is 8.78. The predicted octanol–water partition coefficient (Wildman–Crippen LogP) is 4.19. The number of nitrogens with zero attached hydrogens (tertiary/aromatic N) is 1. The van der Waals surface area contributed by atoms with Gasteiger partial charge in [-0.3, -0.25) is 4.79 Å². The van der Waals surface area contributed by atoms with Crippen molar-refractivity contribution in [2.24, 2.45) is 5.10 Å². The Hall–Kier alpha value is -3.24. The normalized spacial score (nSPS) is 10.2. The van der Waals surface area contributed by atoms with E-state index in [2.05, 4.69) is 39.0 Å². The van der Waals surface area contributed by atoms with Gasteiger partial charge in [-0.05, 0) is 43.3 Å². The largest absolute Gasteiger partial charge is 0.490 e. The summed E-state index contributed by atoms with van der Waals surface area (Å²) in [5, 5.41) is 4.01. The maximum absolute atomic E-state index is 12.4. The van der Waals surface area contributed by atoms with Crippen LogP contribution in [0.3, 0.4) is 0 Å². The van der Waals surface area contributed by atoms with Gasteiger partial charge in [0.05, 0.1) is 12.8 Å². The number of hydrogen-bond donors (Lipinski definition) is 1. The molecule has 0 aliphatic heterocycles. The molecule has 0 heterocycles. The maximum Gasteiger partial charge on any atom is 0.271 e. The van der Waals surface area contributed by atoms with E-state index < -0.39 is 5.91 Å². The van der Waals surface area contributed by atoms with Crippen LogP contribution in [0.25, 0.3) is 0 Å². The highest BCUT2D eigenvalue weighted by molar-refractivity contribution is 9.10. The van der Waals surface area contributed by atoms with Crippen LogP contribution in [-0.4, -0.2) is 31.9 Å². The monoisotopic (exact) mass is 456 g/mol. The fourth-order valence-corrected chi connectivity index (χ4v) is 2.66. The van der Waals surface area contributed by atoms with Gasteiger partial charge >= 0.3 is 0 Å². The van der Waals surface area contributed by atoms with Crippen molar-refractivity contribution >= 4 is 28.1 Å². The summed E-state index contributed by atoms with van der Waals surface area (Å²) >= 11 is 3.39. The molecule has 2 aromatic rings. The molecule has 0 unspecified atom stereocenters. The van der Waals surface area contributed by atoms with Gasteiger partial charge in [-0.15, -0.1) is 6.42 Å². The van der Waals surface area contributed by atoms with Crippen LogP contribution >= 0.6 is 15.9 Å². The van der Waals surface area contributed by atoms with Crippen molar-refractivity contribution in [3.8, 4) is 29.6 Å². The second kappa shape index (κ2) is 11.6. The number of carbonyl (C=O) groups excluding carboxylic acids is 1. The van der Waals surface area contributed by atoms with Crippen molar-refractivity contribution in [2.75, 3.05) is 19.8 Å². The molecule has 150 valence electrons. The minimum atomic E-state index is -0.390. The Labute approximate surface area is 178 Å². The van der Waals surface area contributed by atoms with Crippen LogP contribution in [0.5, 0.6) is 17.2 Å². The lowest BCUT2D eigenvalue weighted by Crippen LogP contribution is -2.18. The number of hydrogen-bond acceptors (Lipinski definition) is 5. The molecule has 0 aromatic heterocycles. The third kappa shape index (κ3) is 6.70. The van der Waals surface area contributed by atoms with Gasteiger partial charge in [0.1, 0.15) is 19.0 Å². The molecule has 0 aliphatic rings. The first kappa shape index (κ1) is 22.1. The molecule has 0 atom stereocenters. The summed E-state index contributed by atoms with van der Waals surface area (Å²) in [6, 6.07) is 10.3. The molecule has 6 nitrogen and oxygen atoms in total. The molecule has 0 fully saturated rings. The molecule has 1 amide bonds. The first-order valence-corrected chi connectivity index (χ1v) is 9.58. The Bertz CT molecular complexity index is 935. The molecule has 29 heavy (non-hydrogen) atoms. The molecule has 1 N–H and O–H groups in total. The van der Waals surface area contributed by atoms with Gasteiger partial charge < -0.3 is 14.2 Å². The molecular formula is C22H21BrN2O4. The van der Waals surface area contributed by atoms with Crippen molar-refractivity contribution in [1.82, 2.24) is 5.43 Å². The summed E-state index contributed by atoms with van der Waals surface area (Å²) in [6.07, 6.45) is 8.35. The fraction of sp³-hybridized carbons (Fsp3) is 0.182. The molecule has 0 bridgehead atoms. The minimum absolute atomic E-state index is 0.134. The summed E-state index contributed by atoms with van der Waals surface area (Å²) in [5.41, 5.74) is 3.54. The SMILES string of the molecule is C#CCOc1ccc(Br)cc1/C=N/NC(=O)c1ccc(OCC=C)c(OCC)c1. The van der Waals surface area contributed by atoms with Gasteiger partial charge in [-0.2, -0.15) is 5.10 Å². The molecule has 0 aliphatic carbocycles. The number of terminal acetylenes is 1. The van der Waals surface area contributed by atoms with Crippen molar-refractivity contribution < 1.29 is 19.0 Å². The van der Waals surface area contributed by atoms with Crippen LogP contribution in [0.2, 0.25) is 0 Å². The van der Waals surface area contributed by atoms with Gasteiger partial charge in [0.2, 0.25) is 0 Å². The fourth-order valence-electron chi connectivity index (χ4n) is 2.28. The number of carbonyl (C=O) groups is 1. The van der Waals surface area contributed by atoms with Crippen LogP contribution in [-0.2, 0) is 0 Å². The molecule has 2 rings (SSSR count). The van der Waals surface area contributed by atoms with Crippen molar-refractivity contribution in [1.29, 1.82) is 0 Å². The summed E-state index contributed by atoms with van der Waals surface area (Å²) in [7, 11) is 0. The number of halogens is 1. The average molecular weight is 457 g/mol. The van der Waals surface area contributed by atoms with Crippen LogP contribution in [0, 0.1) is 12.3 Å². The van der Waals surface area contributed by atoms with Crippen molar-refractivity contribution in [3.63, 3.8) is 0 Å². The van der Waals surface area contributed by atoms with Gasteiger partial charge in [-0.1, -0.05) is 34.5 Å². The van der Waals surface area contributed by atoms with E-state index in [0.717, 1.165) is 4.47 Å². The van der Waals surface area contributed by atoms with E-state index in [-0.39, 0.29) is 6.61 Å². The van der Waals surface area contributed by atoms with Crippen LogP contribution in [0.15, 0.2) is 58.6 Å². The van der Waals surface area contributed by atoms with E-state index >= 15 is 0 Å². The highest BCUT2D eigenvalue weighted by atomic mass is 79.9. The van der Waals surface area contributed by atoms with Gasteiger partial charge in [0.15, 0.2) is 11.5 Å². The zero-order chi connectivity index (χ0) is 21.1. The number of amides is 1. The lowest BCUT2D eigenvalue weighted by atomic mass is 10.2. The number of hydrazone groups is 1. The van der Waals surface area contributed by atoms with Crippen LogP contribution in [0.1, 0.15) is 22.8 Å². The topological polar surface area (TPSA) is 69.2 Å². The van der Waals surface area contributed by atoms with E-state index in [1.165, 1.54) is 6.21 Å². The first-order chi connectivity index (χ1) is 14.1. The lowest BCUT2D eigenvalue weighted by Gasteiger charge is -2.12.